The zero-order chi connectivity index (χ0) is 5.33. The molecule has 0 spiro atoms. The van der Waals surface area contributed by atoms with Gasteiger partial charge in [0.05, 0.1) is 11.6 Å². The minimum atomic E-state index is -2.71. The van der Waals surface area contributed by atoms with Crippen molar-refractivity contribution in [2.45, 2.75) is 0 Å². The summed E-state index contributed by atoms with van der Waals surface area (Å²) in [5.74, 6) is 0.306. The average molecular weight is 120 g/mol. The molecule has 41 valence electrons. The second-order valence-electron chi connectivity index (χ2n) is 1.46. The summed E-state index contributed by atoms with van der Waals surface area (Å²) in [6.45, 7) is 1.55. The number of sulfone groups is 1. The van der Waals surface area contributed by atoms with Gasteiger partial charge in [0.25, 0.3) is 0 Å². The maximum atomic E-state index is 10.3. The van der Waals surface area contributed by atoms with Gasteiger partial charge in [-0.3, -0.25) is 5.32 Å². The summed E-state index contributed by atoms with van der Waals surface area (Å²) in [7, 11) is -2.71. The number of hydrogen-bond acceptors (Lipinski definition) is 3. The topological polar surface area (TPSA) is 46.2 Å². The van der Waals surface area contributed by atoms with E-state index in [2.05, 4.69) is 5.32 Å². The van der Waals surface area contributed by atoms with E-state index in [4.69, 9.17) is 0 Å². The van der Waals surface area contributed by atoms with Crippen molar-refractivity contribution < 1.29 is 8.42 Å². The van der Waals surface area contributed by atoms with E-state index in [1.54, 1.807) is 6.54 Å². The highest BCUT2D eigenvalue weighted by atomic mass is 32.2. The molecule has 0 aromatic heterocycles. The van der Waals surface area contributed by atoms with E-state index in [0.717, 1.165) is 0 Å². The molecule has 1 saturated heterocycles. The Labute approximate surface area is 42.6 Å². The van der Waals surface area contributed by atoms with Crippen LogP contribution in [0.15, 0.2) is 0 Å². The van der Waals surface area contributed by atoms with Gasteiger partial charge in [-0.05, 0) is 0 Å². The van der Waals surface area contributed by atoms with Gasteiger partial charge in [-0.2, -0.15) is 0 Å². The molecule has 1 heterocycles. The molecule has 1 N–H and O–H groups in total. The fraction of sp³-hybridized carbons (Fsp3) is 0.667. The van der Waals surface area contributed by atoms with Crippen LogP contribution in [-0.2, 0) is 9.84 Å². The quantitative estimate of drug-likeness (QED) is 0.451. The van der Waals surface area contributed by atoms with Crippen molar-refractivity contribution >= 4 is 9.84 Å². The van der Waals surface area contributed by atoms with E-state index in [-0.39, 0.29) is 11.6 Å². The first-order valence-electron chi connectivity index (χ1n) is 1.96. The Kier molecular flexibility index (Phi) is 1.05. The predicted molar refractivity (Wildman–Crippen MR) is 26.1 cm³/mol. The van der Waals surface area contributed by atoms with Crippen LogP contribution in [0.25, 0.3) is 0 Å². The van der Waals surface area contributed by atoms with Crippen molar-refractivity contribution in [2.75, 3.05) is 11.6 Å². The van der Waals surface area contributed by atoms with Crippen molar-refractivity contribution in [3.8, 4) is 0 Å². The van der Waals surface area contributed by atoms with Gasteiger partial charge in [0, 0.05) is 6.54 Å². The van der Waals surface area contributed by atoms with Crippen molar-refractivity contribution in [2.24, 2.45) is 0 Å². The standard InChI is InChI=1S/C3H6NO2S/c5-7(6)2-1-4-3-7/h1,4H,2-3H2. The van der Waals surface area contributed by atoms with Crippen LogP contribution in [0.3, 0.4) is 0 Å². The lowest BCUT2D eigenvalue weighted by molar-refractivity contribution is 0.601. The molecule has 0 atom stereocenters. The van der Waals surface area contributed by atoms with Gasteiger partial charge in [-0.1, -0.05) is 0 Å². The molecule has 7 heavy (non-hydrogen) atoms. The van der Waals surface area contributed by atoms with Crippen LogP contribution in [0.4, 0.5) is 0 Å². The van der Waals surface area contributed by atoms with Crippen molar-refractivity contribution in [1.82, 2.24) is 5.32 Å². The molecule has 0 bridgehead atoms. The lowest BCUT2D eigenvalue weighted by atomic mass is 10.8. The van der Waals surface area contributed by atoms with Crippen LogP contribution < -0.4 is 5.32 Å². The Morgan fingerprint density at radius 2 is 2.29 bits per heavy atom. The van der Waals surface area contributed by atoms with Gasteiger partial charge in [0.1, 0.15) is 0 Å². The van der Waals surface area contributed by atoms with Gasteiger partial charge in [0.15, 0.2) is 9.84 Å². The molecule has 0 unspecified atom stereocenters. The molecule has 0 amide bonds. The van der Waals surface area contributed by atoms with E-state index in [1.807, 2.05) is 0 Å². The molecule has 1 fully saturated rings. The van der Waals surface area contributed by atoms with Crippen molar-refractivity contribution in [1.29, 1.82) is 0 Å². The number of nitrogens with one attached hydrogen (secondary N) is 1. The Bertz CT molecular complexity index is 136. The molecule has 4 heteroatoms. The highest BCUT2D eigenvalue weighted by Crippen LogP contribution is 1.95. The third-order valence-corrected chi connectivity index (χ3v) is 2.07. The van der Waals surface area contributed by atoms with Gasteiger partial charge in [0.2, 0.25) is 0 Å². The Hall–Kier alpha value is -0.0900. The first-order chi connectivity index (χ1) is 3.21. The minimum Gasteiger partial charge on any atom is -0.298 e. The lowest BCUT2D eigenvalue weighted by Crippen LogP contribution is -2.06. The van der Waals surface area contributed by atoms with E-state index in [9.17, 15) is 8.42 Å². The monoisotopic (exact) mass is 120 g/mol. The van der Waals surface area contributed by atoms with E-state index >= 15 is 0 Å². The lowest BCUT2D eigenvalue weighted by Gasteiger charge is -1.81. The molecule has 0 aromatic rings. The fourth-order valence-corrected chi connectivity index (χ4v) is 1.29. The van der Waals surface area contributed by atoms with Gasteiger partial charge < -0.3 is 0 Å². The van der Waals surface area contributed by atoms with E-state index in [1.165, 1.54) is 0 Å². The Morgan fingerprint density at radius 1 is 1.57 bits per heavy atom. The molecule has 1 aliphatic heterocycles. The first-order valence-corrected chi connectivity index (χ1v) is 3.78. The normalized spacial score (nSPS) is 28.0. The molecule has 1 radical (unpaired) electrons. The molecule has 1 rings (SSSR count). The van der Waals surface area contributed by atoms with Crippen molar-refractivity contribution in [3.05, 3.63) is 6.54 Å². The summed E-state index contributed by atoms with van der Waals surface area (Å²) in [6, 6.07) is 0. The molecule has 0 aliphatic carbocycles. The van der Waals surface area contributed by atoms with Gasteiger partial charge >= 0.3 is 0 Å². The molecular weight excluding hydrogens is 114 g/mol. The highest BCUT2D eigenvalue weighted by Gasteiger charge is 2.15. The zero-order valence-corrected chi connectivity index (χ0v) is 4.53. The van der Waals surface area contributed by atoms with Crippen LogP contribution in [0.1, 0.15) is 0 Å². The highest BCUT2D eigenvalue weighted by molar-refractivity contribution is 7.91. The third kappa shape index (κ3) is 1.14. The molecule has 0 aromatic carbocycles. The summed E-state index contributed by atoms with van der Waals surface area (Å²) in [6.07, 6.45) is 0. The number of hydrogen-bond donors (Lipinski definition) is 1. The fourth-order valence-electron chi connectivity index (χ4n) is 0.431. The number of rotatable bonds is 0. The molecule has 0 saturated carbocycles. The SMILES string of the molecule is O=S1(=O)C[CH]NC1. The second-order valence-corrected chi connectivity index (χ2v) is 3.57. The summed E-state index contributed by atoms with van der Waals surface area (Å²) in [4.78, 5) is 0. The molecule has 3 nitrogen and oxygen atoms in total. The van der Waals surface area contributed by atoms with Crippen molar-refractivity contribution in [3.63, 3.8) is 0 Å². The molecule has 1 aliphatic rings. The zero-order valence-electron chi connectivity index (χ0n) is 3.72. The largest absolute Gasteiger partial charge is 0.298 e. The van der Waals surface area contributed by atoms with Crippen LogP contribution in [0, 0.1) is 6.54 Å². The Morgan fingerprint density at radius 3 is 2.43 bits per heavy atom. The first kappa shape index (κ1) is 5.05. The summed E-state index contributed by atoms with van der Waals surface area (Å²) in [5, 5.41) is 2.60. The molecular formula is C3H6NO2S. The summed E-state index contributed by atoms with van der Waals surface area (Å²) < 4.78 is 20.7. The van der Waals surface area contributed by atoms with Crippen LogP contribution >= 0.6 is 0 Å². The average Bonchev–Trinajstić information content (AvgIpc) is 1.84. The van der Waals surface area contributed by atoms with E-state index in [0.29, 0.717) is 0 Å². The van der Waals surface area contributed by atoms with E-state index < -0.39 is 9.84 Å². The Balaban J connectivity index is 2.76. The predicted octanol–water partition coefficient (Wildman–Crippen LogP) is -0.876. The summed E-state index contributed by atoms with van der Waals surface area (Å²) in [5.41, 5.74) is 0. The van der Waals surface area contributed by atoms with Crippen LogP contribution in [0.5, 0.6) is 0 Å². The van der Waals surface area contributed by atoms with Gasteiger partial charge in [-0.25, -0.2) is 8.42 Å². The second kappa shape index (κ2) is 1.45. The third-order valence-electron chi connectivity index (χ3n) is 0.785. The minimum absolute atomic E-state index is 0.118. The van der Waals surface area contributed by atoms with Crippen LogP contribution in [0.2, 0.25) is 0 Å². The maximum absolute atomic E-state index is 10.3. The summed E-state index contributed by atoms with van der Waals surface area (Å²) >= 11 is 0. The smallest absolute Gasteiger partial charge is 0.164 e. The van der Waals surface area contributed by atoms with Crippen LogP contribution in [-0.4, -0.2) is 20.0 Å². The maximum Gasteiger partial charge on any atom is 0.164 e. The van der Waals surface area contributed by atoms with Gasteiger partial charge in [-0.15, -0.1) is 0 Å².